The van der Waals surface area contributed by atoms with Gasteiger partial charge in [-0.25, -0.2) is 12.7 Å². The van der Waals surface area contributed by atoms with Crippen LogP contribution in [0.15, 0.2) is 0 Å². The standard InChI is InChI=1S/C5H11N3O2S/c1-4-3-11(9,10)8(2)5(6)7-4/h4H,3H2,1-2H3,(H2,6,7). The molecule has 2 N–H and O–H groups in total. The van der Waals surface area contributed by atoms with Crippen molar-refractivity contribution in [3.05, 3.63) is 0 Å². The fourth-order valence-electron chi connectivity index (χ4n) is 0.933. The molecule has 0 spiro atoms. The topological polar surface area (TPSA) is 73.3 Å². The Morgan fingerprint density at radius 3 is 2.73 bits per heavy atom. The zero-order valence-electron chi connectivity index (χ0n) is 6.46. The Kier molecular flexibility index (Phi) is 1.79. The van der Waals surface area contributed by atoms with Crippen LogP contribution in [0.4, 0.5) is 0 Å². The summed E-state index contributed by atoms with van der Waals surface area (Å²) in [5, 5.41) is 9.93. The van der Waals surface area contributed by atoms with Gasteiger partial charge in [-0.05, 0) is 6.92 Å². The number of nitrogens with one attached hydrogen (secondary N) is 2. The van der Waals surface area contributed by atoms with Crippen LogP contribution in [0, 0.1) is 5.41 Å². The summed E-state index contributed by atoms with van der Waals surface area (Å²) < 4.78 is 23.2. The van der Waals surface area contributed by atoms with Gasteiger partial charge in [-0.3, -0.25) is 5.41 Å². The second-order valence-corrected chi connectivity index (χ2v) is 4.68. The van der Waals surface area contributed by atoms with Crippen molar-refractivity contribution >= 4 is 16.0 Å². The van der Waals surface area contributed by atoms with Crippen LogP contribution in [-0.4, -0.2) is 37.5 Å². The smallest absolute Gasteiger partial charge is 0.239 e. The van der Waals surface area contributed by atoms with Gasteiger partial charge < -0.3 is 5.32 Å². The summed E-state index contributed by atoms with van der Waals surface area (Å²) in [6.07, 6.45) is 0. The first-order valence-corrected chi connectivity index (χ1v) is 4.86. The minimum atomic E-state index is -3.21. The van der Waals surface area contributed by atoms with Crippen LogP contribution in [0.1, 0.15) is 6.92 Å². The van der Waals surface area contributed by atoms with E-state index in [-0.39, 0.29) is 17.8 Å². The molecule has 0 aliphatic carbocycles. The van der Waals surface area contributed by atoms with Gasteiger partial charge in [0.25, 0.3) is 0 Å². The maximum atomic E-state index is 11.1. The maximum absolute atomic E-state index is 11.1. The summed E-state index contributed by atoms with van der Waals surface area (Å²) >= 11 is 0. The largest absolute Gasteiger partial charge is 0.352 e. The molecule has 0 bridgehead atoms. The van der Waals surface area contributed by atoms with E-state index in [9.17, 15) is 8.42 Å². The van der Waals surface area contributed by atoms with E-state index in [1.807, 2.05) is 0 Å². The molecular formula is C5H11N3O2S. The zero-order valence-corrected chi connectivity index (χ0v) is 7.27. The van der Waals surface area contributed by atoms with Gasteiger partial charge in [0.1, 0.15) is 0 Å². The van der Waals surface area contributed by atoms with Crippen molar-refractivity contribution in [2.45, 2.75) is 13.0 Å². The van der Waals surface area contributed by atoms with Crippen LogP contribution in [-0.2, 0) is 10.0 Å². The van der Waals surface area contributed by atoms with Crippen LogP contribution >= 0.6 is 0 Å². The Morgan fingerprint density at radius 1 is 1.73 bits per heavy atom. The Labute approximate surface area is 65.9 Å². The molecule has 0 amide bonds. The monoisotopic (exact) mass is 177 g/mol. The highest BCUT2D eigenvalue weighted by Crippen LogP contribution is 2.06. The number of hydrogen-bond donors (Lipinski definition) is 2. The fraction of sp³-hybridized carbons (Fsp3) is 0.800. The molecule has 1 fully saturated rings. The third-order valence-electron chi connectivity index (χ3n) is 1.58. The van der Waals surface area contributed by atoms with Crippen molar-refractivity contribution < 1.29 is 8.42 Å². The van der Waals surface area contributed by atoms with E-state index in [4.69, 9.17) is 5.41 Å². The highest BCUT2D eigenvalue weighted by molar-refractivity contribution is 7.89. The second kappa shape index (κ2) is 2.37. The molecule has 0 aromatic heterocycles. The molecule has 0 radical (unpaired) electrons. The minimum absolute atomic E-state index is 0.0521. The molecule has 5 nitrogen and oxygen atoms in total. The van der Waals surface area contributed by atoms with Crippen LogP contribution in [0.25, 0.3) is 0 Å². The lowest BCUT2D eigenvalue weighted by Gasteiger charge is -2.29. The van der Waals surface area contributed by atoms with Crippen molar-refractivity contribution in [2.75, 3.05) is 12.8 Å². The molecule has 1 unspecified atom stereocenters. The Hall–Kier alpha value is -0.780. The average Bonchev–Trinajstić information content (AvgIpc) is 1.81. The molecule has 1 aliphatic rings. The van der Waals surface area contributed by atoms with Crippen LogP contribution in [0.5, 0.6) is 0 Å². The lowest BCUT2D eigenvalue weighted by Crippen LogP contribution is -2.54. The molecule has 1 rings (SSSR count). The van der Waals surface area contributed by atoms with Gasteiger partial charge in [-0.2, -0.15) is 0 Å². The third kappa shape index (κ3) is 1.45. The molecule has 64 valence electrons. The minimum Gasteiger partial charge on any atom is -0.352 e. The summed E-state index contributed by atoms with van der Waals surface area (Å²) in [5.74, 6) is 0.00931. The quantitative estimate of drug-likeness (QED) is 0.507. The van der Waals surface area contributed by atoms with E-state index in [0.717, 1.165) is 4.31 Å². The first-order valence-electron chi connectivity index (χ1n) is 3.25. The van der Waals surface area contributed by atoms with Gasteiger partial charge in [0.15, 0.2) is 0 Å². The van der Waals surface area contributed by atoms with E-state index in [2.05, 4.69) is 5.32 Å². The van der Waals surface area contributed by atoms with E-state index in [0.29, 0.717) is 0 Å². The molecule has 0 saturated carbocycles. The Morgan fingerprint density at radius 2 is 2.27 bits per heavy atom. The van der Waals surface area contributed by atoms with Gasteiger partial charge in [-0.15, -0.1) is 0 Å². The first-order chi connectivity index (χ1) is 4.93. The van der Waals surface area contributed by atoms with Crippen LogP contribution in [0.2, 0.25) is 0 Å². The predicted molar refractivity (Wildman–Crippen MR) is 41.9 cm³/mol. The van der Waals surface area contributed by atoms with Crippen molar-refractivity contribution in [2.24, 2.45) is 0 Å². The van der Waals surface area contributed by atoms with E-state index in [1.165, 1.54) is 7.05 Å². The van der Waals surface area contributed by atoms with Crippen molar-refractivity contribution in [3.63, 3.8) is 0 Å². The first kappa shape index (κ1) is 8.32. The summed E-state index contributed by atoms with van der Waals surface area (Å²) in [6, 6.07) is -0.163. The SMILES string of the molecule is CC1CS(=O)(=O)N(C)C(=N)N1. The number of nitrogens with zero attached hydrogens (tertiary/aromatic N) is 1. The lowest BCUT2D eigenvalue weighted by atomic mass is 10.4. The fourth-order valence-corrected chi connectivity index (χ4v) is 2.20. The molecule has 6 heteroatoms. The average molecular weight is 177 g/mol. The van der Waals surface area contributed by atoms with Gasteiger partial charge in [0.2, 0.25) is 16.0 Å². The molecule has 0 aromatic rings. The second-order valence-electron chi connectivity index (χ2n) is 2.64. The predicted octanol–water partition coefficient (Wildman–Crippen LogP) is -0.826. The Balaban J connectivity index is 2.93. The Bertz CT molecular complexity index is 271. The maximum Gasteiger partial charge on any atom is 0.239 e. The molecule has 11 heavy (non-hydrogen) atoms. The number of hydrogen-bond acceptors (Lipinski definition) is 3. The van der Waals surface area contributed by atoms with Crippen molar-refractivity contribution in [3.8, 4) is 0 Å². The molecule has 0 aromatic carbocycles. The third-order valence-corrected chi connectivity index (χ3v) is 3.51. The van der Waals surface area contributed by atoms with Gasteiger partial charge in [0.05, 0.1) is 5.75 Å². The van der Waals surface area contributed by atoms with E-state index < -0.39 is 10.0 Å². The van der Waals surface area contributed by atoms with Crippen molar-refractivity contribution in [1.29, 1.82) is 5.41 Å². The zero-order chi connectivity index (χ0) is 8.65. The molecule has 1 saturated heterocycles. The van der Waals surface area contributed by atoms with Crippen LogP contribution < -0.4 is 5.32 Å². The summed E-state index contributed by atoms with van der Waals surface area (Å²) in [7, 11) is -1.84. The summed E-state index contributed by atoms with van der Waals surface area (Å²) in [5.41, 5.74) is 0. The summed E-state index contributed by atoms with van der Waals surface area (Å²) in [4.78, 5) is 0. The highest BCUT2D eigenvalue weighted by atomic mass is 32.2. The molecule has 1 aliphatic heterocycles. The van der Waals surface area contributed by atoms with Gasteiger partial charge in [0, 0.05) is 13.1 Å². The summed E-state index contributed by atoms with van der Waals surface area (Å²) in [6.45, 7) is 1.74. The van der Waals surface area contributed by atoms with E-state index in [1.54, 1.807) is 6.92 Å². The molecule has 1 heterocycles. The molecular weight excluding hydrogens is 166 g/mol. The molecule has 1 atom stereocenters. The van der Waals surface area contributed by atoms with Gasteiger partial charge in [-0.1, -0.05) is 0 Å². The van der Waals surface area contributed by atoms with Gasteiger partial charge >= 0.3 is 0 Å². The van der Waals surface area contributed by atoms with Crippen molar-refractivity contribution in [1.82, 2.24) is 9.62 Å². The van der Waals surface area contributed by atoms with E-state index >= 15 is 0 Å². The lowest BCUT2D eigenvalue weighted by molar-refractivity contribution is 0.510. The number of sulfonamides is 1. The number of guanidine groups is 1. The normalized spacial score (nSPS) is 29.8. The van der Waals surface area contributed by atoms with Crippen LogP contribution in [0.3, 0.4) is 0 Å². The highest BCUT2D eigenvalue weighted by Gasteiger charge is 2.29. The number of rotatable bonds is 0.